The highest BCUT2D eigenvalue weighted by molar-refractivity contribution is 7.86. The van der Waals surface area contributed by atoms with Crippen LogP contribution < -0.4 is 0 Å². The standard InChI is InChI=1S/C30H34O13S3/c1-3-19(20-4-10-24(11-5-20)44(35,36)37)16-23(21-6-12-25(13-7-21)45(38,39)40)17-27(28(30(33)34)18(2)29(31)32)22-8-14-26(15-9-22)46(41,42)43/h4-15,18-19,23,27-28H,3,16-17H2,1-2H3,(H,31,32)(H,33,34)(H,35,36,37)(H,38,39,40)(H,41,42,43). The molecule has 0 saturated carbocycles. The van der Waals surface area contributed by atoms with Crippen LogP contribution in [-0.4, -0.2) is 61.1 Å². The minimum Gasteiger partial charge on any atom is -0.481 e. The summed E-state index contributed by atoms with van der Waals surface area (Å²) in [5.74, 6) is -7.63. The molecule has 0 spiro atoms. The Balaban J connectivity index is 2.18. The minimum absolute atomic E-state index is 0.0232. The number of carbonyl (C=O) groups is 2. The van der Waals surface area contributed by atoms with Gasteiger partial charge in [-0.1, -0.05) is 50.2 Å². The molecule has 3 aromatic carbocycles. The quantitative estimate of drug-likeness (QED) is 0.136. The fraction of sp³-hybridized carbons (Fsp3) is 0.333. The Morgan fingerprint density at radius 2 is 0.913 bits per heavy atom. The van der Waals surface area contributed by atoms with E-state index in [9.17, 15) is 58.7 Å². The van der Waals surface area contributed by atoms with E-state index in [0.29, 0.717) is 17.5 Å². The molecule has 0 amide bonds. The van der Waals surface area contributed by atoms with Crippen LogP contribution in [0.5, 0.6) is 0 Å². The lowest BCUT2D eigenvalue weighted by Crippen LogP contribution is -2.33. The number of aliphatic carboxylic acids is 2. The first kappa shape index (κ1) is 36.8. The maximum Gasteiger partial charge on any atom is 0.307 e. The molecule has 5 atom stereocenters. The number of benzene rings is 3. The first-order valence-corrected chi connectivity index (χ1v) is 18.2. The number of carboxylic acid groups (broad SMARTS) is 2. The third kappa shape index (κ3) is 9.20. The van der Waals surface area contributed by atoms with Gasteiger partial charge in [-0.05, 0) is 90.1 Å². The molecular formula is C30H34O13S3. The van der Waals surface area contributed by atoms with Gasteiger partial charge in [0.2, 0.25) is 0 Å². The zero-order valence-corrected chi connectivity index (χ0v) is 27.1. The van der Waals surface area contributed by atoms with Gasteiger partial charge in [0.05, 0.1) is 26.5 Å². The maximum absolute atomic E-state index is 12.6. The van der Waals surface area contributed by atoms with Crippen LogP contribution in [0.15, 0.2) is 87.5 Å². The van der Waals surface area contributed by atoms with Crippen molar-refractivity contribution >= 4 is 42.3 Å². The summed E-state index contributed by atoms with van der Waals surface area (Å²) in [5, 5.41) is 20.1. The van der Waals surface area contributed by atoms with E-state index in [1.54, 1.807) is 0 Å². The average Bonchev–Trinajstić information content (AvgIpc) is 2.97. The largest absolute Gasteiger partial charge is 0.481 e. The fourth-order valence-electron chi connectivity index (χ4n) is 5.65. The Kier molecular flexibility index (Phi) is 11.5. The lowest BCUT2D eigenvalue weighted by atomic mass is 9.71. The van der Waals surface area contributed by atoms with Crippen LogP contribution in [0.25, 0.3) is 0 Å². The molecule has 3 aromatic rings. The van der Waals surface area contributed by atoms with Gasteiger partial charge in [-0.15, -0.1) is 0 Å². The van der Waals surface area contributed by atoms with Gasteiger partial charge < -0.3 is 10.2 Å². The smallest absolute Gasteiger partial charge is 0.307 e. The van der Waals surface area contributed by atoms with E-state index in [1.807, 2.05) is 6.92 Å². The van der Waals surface area contributed by atoms with Crippen molar-refractivity contribution in [2.24, 2.45) is 11.8 Å². The van der Waals surface area contributed by atoms with Crippen molar-refractivity contribution in [2.75, 3.05) is 0 Å². The molecule has 46 heavy (non-hydrogen) atoms. The Morgan fingerprint density at radius 3 is 1.22 bits per heavy atom. The Bertz CT molecular complexity index is 1870. The molecule has 250 valence electrons. The average molecular weight is 699 g/mol. The summed E-state index contributed by atoms with van der Waals surface area (Å²) in [6.45, 7) is 3.10. The molecule has 0 bridgehead atoms. The predicted octanol–water partition coefficient (Wildman–Crippen LogP) is 4.69. The van der Waals surface area contributed by atoms with E-state index < -0.39 is 70.9 Å². The summed E-state index contributed by atoms with van der Waals surface area (Å²) in [6.07, 6.45) is 0.761. The predicted molar refractivity (Wildman–Crippen MR) is 164 cm³/mol. The van der Waals surface area contributed by atoms with Crippen molar-refractivity contribution in [1.82, 2.24) is 0 Å². The first-order valence-electron chi connectivity index (χ1n) is 13.9. The Hall–Kier alpha value is -3.67. The second-order valence-corrected chi connectivity index (χ2v) is 15.3. The molecular weight excluding hydrogens is 665 g/mol. The highest BCUT2D eigenvalue weighted by Gasteiger charge is 2.39. The third-order valence-electron chi connectivity index (χ3n) is 8.15. The van der Waals surface area contributed by atoms with E-state index in [1.165, 1.54) is 67.6 Å². The number of carboxylic acids is 2. The van der Waals surface area contributed by atoms with Crippen LogP contribution in [0.2, 0.25) is 0 Å². The van der Waals surface area contributed by atoms with Gasteiger partial charge in [-0.2, -0.15) is 25.3 Å². The van der Waals surface area contributed by atoms with Crippen molar-refractivity contribution in [1.29, 1.82) is 0 Å². The molecule has 0 heterocycles. The zero-order chi connectivity index (χ0) is 34.6. The molecule has 5 N–H and O–H groups in total. The summed E-state index contributed by atoms with van der Waals surface area (Å²) in [6, 6.07) is 15.5. The summed E-state index contributed by atoms with van der Waals surface area (Å²) in [4.78, 5) is 23.5. The second kappa shape index (κ2) is 14.4. The molecule has 0 aliphatic carbocycles. The first-order chi connectivity index (χ1) is 21.2. The summed E-state index contributed by atoms with van der Waals surface area (Å²) in [7, 11) is -13.6. The van der Waals surface area contributed by atoms with E-state index >= 15 is 0 Å². The topological polar surface area (TPSA) is 238 Å². The van der Waals surface area contributed by atoms with Gasteiger partial charge >= 0.3 is 11.9 Å². The van der Waals surface area contributed by atoms with Crippen molar-refractivity contribution in [3.05, 3.63) is 89.5 Å². The van der Waals surface area contributed by atoms with E-state index in [-0.39, 0.29) is 34.1 Å². The van der Waals surface area contributed by atoms with Crippen molar-refractivity contribution in [3.63, 3.8) is 0 Å². The molecule has 0 aliphatic heterocycles. The molecule has 0 aliphatic rings. The number of hydrogen-bond donors (Lipinski definition) is 5. The third-order valence-corrected chi connectivity index (χ3v) is 10.8. The molecule has 0 fully saturated rings. The van der Waals surface area contributed by atoms with Gasteiger partial charge in [0.1, 0.15) is 0 Å². The lowest BCUT2D eigenvalue weighted by molar-refractivity contribution is -0.154. The second-order valence-electron chi connectivity index (χ2n) is 11.0. The molecule has 13 nitrogen and oxygen atoms in total. The van der Waals surface area contributed by atoms with Crippen LogP contribution in [0.1, 0.15) is 67.6 Å². The van der Waals surface area contributed by atoms with E-state index in [2.05, 4.69) is 0 Å². The van der Waals surface area contributed by atoms with Gasteiger partial charge in [0, 0.05) is 0 Å². The molecule has 3 rings (SSSR count). The lowest BCUT2D eigenvalue weighted by Gasteiger charge is -2.32. The highest BCUT2D eigenvalue weighted by atomic mass is 32.2. The minimum atomic E-state index is -4.59. The van der Waals surface area contributed by atoms with Gasteiger partial charge in [-0.3, -0.25) is 23.2 Å². The van der Waals surface area contributed by atoms with Crippen LogP contribution in [0.3, 0.4) is 0 Å². The fourth-order valence-corrected chi connectivity index (χ4v) is 7.09. The van der Waals surface area contributed by atoms with E-state index in [4.69, 9.17) is 0 Å². The normalized spacial score (nSPS) is 15.8. The van der Waals surface area contributed by atoms with Crippen LogP contribution in [0, 0.1) is 11.8 Å². The van der Waals surface area contributed by atoms with Gasteiger partial charge in [0.15, 0.2) is 0 Å². The summed E-state index contributed by atoms with van der Waals surface area (Å²) >= 11 is 0. The molecule has 0 saturated heterocycles. The summed E-state index contributed by atoms with van der Waals surface area (Å²) in [5.41, 5.74) is 1.47. The molecule has 0 aromatic heterocycles. The van der Waals surface area contributed by atoms with Crippen molar-refractivity contribution < 1.29 is 58.7 Å². The summed E-state index contributed by atoms with van der Waals surface area (Å²) < 4.78 is 98.1. The highest BCUT2D eigenvalue weighted by Crippen LogP contribution is 2.43. The maximum atomic E-state index is 12.6. The van der Waals surface area contributed by atoms with Crippen LogP contribution >= 0.6 is 0 Å². The Labute approximate surface area is 267 Å². The number of rotatable bonds is 15. The number of hydrogen-bond acceptors (Lipinski definition) is 8. The van der Waals surface area contributed by atoms with Crippen LogP contribution in [-0.2, 0) is 39.9 Å². The molecule has 16 heteroatoms. The molecule has 5 unspecified atom stereocenters. The SMILES string of the molecule is CCC(CC(CC(c1ccc(S(=O)(=O)O)cc1)C(C(=O)O)C(C)C(=O)O)c1ccc(S(=O)(=O)O)cc1)c1ccc(S(=O)(=O)O)cc1. The van der Waals surface area contributed by atoms with Crippen LogP contribution in [0.4, 0.5) is 0 Å². The van der Waals surface area contributed by atoms with Crippen molar-refractivity contribution in [2.45, 2.75) is 65.6 Å². The van der Waals surface area contributed by atoms with Crippen molar-refractivity contribution in [3.8, 4) is 0 Å². The van der Waals surface area contributed by atoms with Gasteiger partial charge in [-0.25, -0.2) is 0 Å². The molecule has 0 radical (unpaired) electrons. The zero-order valence-electron chi connectivity index (χ0n) is 24.7. The van der Waals surface area contributed by atoms with E-state index in [0.717, 1.165) is 12.1 Å². The Morgan fingerprint density at radius 1 is 0.565 bits per heavy atom. The monoisotopic (exact) mass is 698 g/mol. The van der Waals surface area contributed by atoms with Gasteiger partial charge in [0.25, 0.3) is 30.4 Å².